The van der Waals surface area contributed by atoms with Crippen LogP contribution >= 0.6 is 0 Å². The van der Waals surface area contributed by atoms with Crippen molar-refractivity contribution in [3.63, 3.8) is 0 Å². The zero-order chi connectivity index (χ0) is 18.9. The van der Waals surface area contributed by atoms with Gasteiger partial charge >= 0.3 is 157 Å². The molecule has 0 N–H and O–H groups in total. The number of carbonyl (C=O) groups excluding carboxylic acids is 1. The van der Waals surface area contributed by atoms with Crippen LogP contribution in [0.3, 0.4) is 0 Å². The molecule has 3 atom stereocenters. The Bertz CT molecular complexity index is 728. The Hall–Kier alpha value is -2.11. The Labute approximate surface area is 157 Å². The SMILES string of the molecule is COC(=O)CCC/C=C\C[C@@H]1CC=C[C@H]1[Se](=O)c1ccccc1[N+](=O)[O-]. The topological polar surface area (TPSA) is 86.5 Å². The van der Waals surface area contributed by atoms with Gasteiger partial charge in [0.2, 0.25) is 0 Å². The van der Waals surface area contributed by atoms with E-state index in [0.717, 1.165) is 25.7 Å². The van der Waals surface area contributed by atoms with Crippen molar-refractivity contribution in [1.29, 1.82) is 0 Å². The van der Waals surface area contributed by atoms with Crippen molar-refractivity contribution in [2.45, 2.75) is 36.9 Å². The number of carbonyl (C=O) groups is 1. The van der Waals surface area contributed by atoms with Gasteiger partial charge in [0.1, 0.15) is 0 Å². The first-order chi connectivity index (χ1) is 12.5. The molecule has 0 bridgehead atoms. The van der Waals surface area contributed by atoms with Gasteiger partial charge in [-0.2, -0.15) is 0 Å². The number of rotatable bonds is 9. The van der Waals surface area contributed by atoms with Gasteiger partial charge in [0.15, 0.2) is 0 Å². The Morgan fingerprint density at radius 1 is 1.38 bits per heavy atom. The third kappa shape index (κ3) is 5.44. The van der Waals surface area contributed by atoms with E-state index in [4.69, 9.17) is 0 Å². The standard InChI is InChI=1S/C19H23NO5Se/c1-25-19(21)14-5-3-2-4-9-15-10-8-13-17(15)26(24)18-12-7-6-11-16(18)20(22)23/h2,4,6-8,11-13,15,17H,3,5,9-10,14H2,1H3/b4-2-/t15-,17-,26?/m1/s1. The van der Waals surface area contributed by atoms with E-state index in [9.17, 15) is 18.7 Å². The summed E-state index contributed by atoms with van der Waals surface area (Å²) in [6.45, 7) is 0. The van der Waals surface area contributed by atoms with Crippen LogP contribution in [0.1, 0.15) is 32.1 Å². The van der Waals surface area contributed by atoms with Crippen LogP contribution in [0.25, 0.3) is 0 Å². The van der Waals surface area contributed by atoms with Crippen LogP contribution in [0.5, 0.6) is 0 Å². The second-order valence-electron chi connectivity index (χ2n) is 6.09. The summed E-state index contributed by atoms with van der Waals surface area (Å²) in [5.41, 5.74) is -0.0510. The molecule has 1 aromatic carbocycles. The van der Waals surface area contributed by atoms with E-state index < -0.39 is 18.8 Å². The molecule has 6 nitrogen and oxygen atoms in total. The molecule has 140 valence electrons. The molecule has 26 heavy (non-hydrogen) atoms. The summed E-state index contributed by atoms with van der Waals surface area (Å²) in [7, 11) is 1.38. The maximum atomic E-state index is 13.0. The van der Waals surface area contributed by atoms with E-state index in [-0.39, 0.29) is 22.4 Å². The van der Waals surface area contributed by atoms with Crippen LogP contribution < -0.4 is 4.46 Å². The number of hydrogen-bond acceptors (Lipinski definition) is 5. The van der Waals surface area contributed by atoms with Crippen molar-refractivity contribution in [3.05, 3.63) is 58.7 Å². The Morgan fingerprint density at radius 3 is 2.88 bits per heavy atom. The summed E-state index contributed by atoms with van der Waals surface area (Å²) in [6, 6.07) is 6.32. The first kappa shape index (κ1) is 20.2. The summed E-state index contributed by atoms with van der Waals surface area (Å²) >= 11 is -2.56. The molecule has 1 aromatic rings. The zero-order valence-electron chi connectivity index (χ0n) is 14.7. The zero-order valence-corrected chi connectivity index (χ0v) is 16.4. The maximum absolute atomic E-state index is 13.0. The van der Waals surface area contributed by atoms with Crippen molar-refractivity contribution in [2.75, 3.05) is 7.11 Å². The molecule has 0 radical (unpaired) electrons. The molecule has 0 fully saturated rings. The van der Waals surface area contributed by atoms with E-state index >= 15 is 0 Å². The van der Waals surface area contributed by atoms with Crippen LogP contribution in [0.15, 0.2) is 48.6 Å². The van der Waals surface area contributed by atoms with E-state index in [0.29, 0.717) is 10.9 Å². The number of nitrogens with zero attached hydrogens (tertiary/aromatic N) is 1. The molecule has 1 aliphatic rings. The quantitative estimate of drug-likeness (QED) is 0.151. The van der Waals surface area contributed by atoms with E-state index in [1.54, 1.807) is 18.2 Å². The predicted molar refractivity (Wildman–Crippen MR) is 99.8 cm³/mol. The molecule has 2 rings (SSSR count). The Balaban J connectivity index is 1.93. The number of unbranched alkanes of at least 4 members (excludes halogenated alkanes) is 1. The van der Waals surface area contributed by atoms with Gasteiger partial charge in [-0.1, -0.05) is 0 Å². The number of nitro groups is 1. The van der Waals surface area contributed by atoms with Gasteiger partial charge in [0.05, 0.1) is 0 Å². The summed E-state index contributed by atoms with van der Waals surface area (Å²) in [5, 5.41) is 11.2. The van der Waals surface area contributed by atoms with Crippen LogP contribution in [-0.4, -0.2) is 31.8 Å². The molecule has 0 aliphatic heterocycles. The number of benzene rings is 1. The number of hydrogen-bond donors (Lipinski definition) is 0. The van der Waals surface area contributed by atoms with E-state index in [1.807, 2.05) is 18.2 Å². The first-order valence-electron chi connectivity index (χ1n) is 8.57. The second kappa shape index (κ2) is 10.1. The minimum absolute atomic E-state index is 0.0510. The third-order valence-corrected chi connectivity index (χ3v) is 8.15. The summed E-state index contributed by atoms with van der Waals surface area (Å²) < 4.78 is 18.0. The minimum atomic E-state index is -2.56. The fourth-order valence-corrected chi connectivity index (χ4v) is 6.46. The van der Waals surface area contributed by atoms with Gasteiger partial charge in [-0.05, 0) is 0 Å². The first-order valence-corrected chi connectivity index (χ1v) is 11.1. The van der Waals surface area contributed by atoms with Crippen molar-refractivity contribution in [1.82, 2.24) is 0 Å². The fraction of sp³-hybridized carbons (Fsp3) is 0.421. The predicted octanol–water partition coefficient (Wildman–Crippen LogP) is 3.46. The Kier molecular flexibility index (Phi) is 7.88. The number of esters is 1. The molecule has 0 saturated carbocycles. The van der Waals surface area contributed by atoms with Crippen LogP contribution in [0, 0.1) is 16.0 Å². The summed E-state index contributed by atoms with van der Waals surface area (Å²) in [6.07, 6.45) is 11.6. The molecule has 0 spiro atoms. The fourth-order valence-electron chi connectivity index (χ4n) is 2.94. The van der Waals surface area contributed by atoms with Gasteiger partial charge in [-0.3, -0.25) is 0 Å². The van der Waals surface area contributed by atoms with E-state index in [1.165, 1.54) is 13.2 Å². The van der Waals surface area contributed by atoms with Gasteiger partial charge in [0.25, 0.3) is 0 Å². The molecular weight excluding hydrogens is 401 g/mol. The van der Waals surface area contributed by atoms with Crippen LogP contribution in [0.2, 0.25) is 4.82 Å². The number of methoxy groups -OCH3 is 1. The number of ether oxygens (including phenoxy) is 1. The van der Waals surface area contributed by atoms with Gasteiger partial charge in [0, 0.05) is 0 Å². The average Bonchev–Trinajstić information content (AvgIpc) is 3.12. The summed E-state index contributed by atoms with van der Waals surface area (Å²) in [5.74, 6) is -0.00308. The molecule has 1 unspecified atom stereocenters. The normalized spacial score (nSPS) is 20.3. The molecule has 1 aliphatic carbocycles. The van der Waals surface area contributed by atoms with Gasteiger partial charge in [-0.15, -0.1) is 0 Å². The van der Waals surface area contributed by atoms with E-state index in [2.05, 4.69) is 10.8 Å². The number of nitro benzene ring substituents is 1. The molecule has 7 heteroatoms. The monoisotopic (exact) mass is 425 g/mol. The van der Waals surface area contributed by atoms with Gasteiger partial charge < -0.3 is 0 Å². The molecule has 0 amide bonds. The third-order valence-electron chi connectivity index (χ3n) is 4.34. The molecular formula is C19H23NO5Se. The molecule has 0 saturated heterocycles. The van der Waals surface area contributed by atoms with Crippen molar-refractivity contribution in [3.8, 4) is 0 Å². The number of para-hydroxylation sites is 1. The van der Waals surface area contributed by atoms with Crippen molar-refractivity contribution >= 4 is 30.0 Å². The Morgan fingerprint density at radius 2 is 2.15 bits per heavy atom. The molecule has 0 aromatic heterocycles. The van der Waals surface area contributed by atoms with Crippen molar-refractivity contribution < 1.29 is 18.3 Å². The average molecular weight is 424 g/mol. The van der Waals surface area contributed by atoms with Gasteiger partial charge in [-0.25, -0.2) is 0 Å². The summed E-state index contributed by atoms with van der Waals surface area (Å²) in [4.78, 5) is 21.6. The van der Waals surface area contributed by atoms with Crippen LogP contribution in [-0.2, 0) is 13.4 Å². The number of allylic oxidation sites excluding steroid dienone is 4. The van der Waals surface area contributed by atoms with Crippen molar-refractivity contribution in [2.24, 2.45) is 5.92 Å². The molecule has 0 heterocycles. The second-order valence-corrected chi connectivity index (χ2v) is 9.40. The van der Waals surface area contributed by atoms with Crippen LogP contribution in [0.4, 0.5) is 5.69 Å².